The molecule has 15 heavy (non-hydrogen) atoms. The van der Waals surface area contributed by atoms with Crippen LogP contribution >= 0.6 is 11.8 Å². The Bertz CT molecular complexity index is 294. The Morgan fingerprint density at radius 1 is 1.47 bits per heavy atom. The molecule has 0 bridgehead atoms. The molecular formula is C11H17NO2S. The lowest BCUT2D eigenvalue weighted by molar-refractivity contribution is 0.203. The number of rotatable bonds is 6. The van der Waals surface area contributed by atoms with Crippen LogP contribution < -0.4 is 4.74 Å². The number of aromatic nitrogens is 1. The van der Waals surface area contributed by atoms with Gasteiger partial charge in [-0.15, -0.1) is 0 Å². The van der Waals surface area contributed by atoms with Crippen molar-refractivity contribution in [2.75, 3.05) is 20.8 Å². The molecule has 0 aliphatic carbocycles. The molecule has 1 heterocycles. The van der Waals surface area contributed by atoms with Crippen molar-refractivity contribution in [1.82, 2.24) is 4.98 Å². The van der Waals surface area contributed by atoms with Gasteiger partial charge in [-0.3, -0.25) is 4.98 Å². The van der Waals surface area contributed by atoms with Crippen molar-refractivity contribution in [2.24, 2.45) is 0 Å². The zero-order chi connectivity index (χ0) is 11.1. The van der Waals surface area contributed by atoms with Crippen molar-refractivity contribution in [1.29, 1.82) is 0 Å². The molecule has 1 atom stereocenters. The van der Waals surface area contributed by atoms with Crippen molar-refractivity contribution in [3.8, 4) is 5.75 Å². The van der Waals surface area contributed by atoms with Crippen molar-refractivity contribution < 1.29 is 9.47 Å². The van der Waals surface area contributed by atoms with Crippen LogP contribution in [0.25, 0.3) is 0 Å². The minimum atomic E-state index is 0.489. The third-order valence-corrected chi connectivity index (χ3v) is 3.11. The molecule has 0 aromatic carbocycles. The van der Waals surface area contributed by atoms with E-state index in [1.54, 1.807) is 20.4 Å². The van der Waals surface area contributed by atoms with Gasteiger partial charge >= 0.3 is 0 Å². The van der Waals surface area contributed by atoms with Gasteiger partial charge in [-0.25, -0.2) is 0 Å². The Hall–Kier alpha value is -0.740. The molecule has 0 spiro atoms. The number of hydrogen-bond acceptors (Lipinski definition) is 4. The van der Waals surface area contributed by atoms with E-state index in [1.807, 2.05) is 23.9 Å². The Kier molecular flexibility index (Phi) is 5.50. The zero-order valence-electron chi connectivity index (χ0n) is 9.40. The first-order valence-electron chi connectivity index (χ1n) is 4.85. The van der Waals surface area contributed by atoms with Crippen LogP contribution in [-0.2, 0) is 10.5 Å². The number of ether oxygens (including phenoxy) is 2. The number of thioether (sulfide) groups is 1. The van der Waals surface area contributed by atoms with Crippen LogP contribution in [0.15, 0.2) is 18.3 Å². The second-order valence-corrected chi connectivity index (χ2v) is 4.69. The Balaban J connectivity index is 2.43. The standard InChI is InChI=1S/C11H17NO2S/c1-9(7-13-2)15-8-10-6-11(14-3)4-5-12-10/h4-6,9H,7-8H2,1-3H3/t9-/m1/s1. The fourth-order valence-electron chi connectivity index (χ4n) is 1.17. The van der Waals surface area contributed by atoms with Crippen LogP contribution in [0.3, 0.4) is 0 Å². The van der Waals surface area contributed by atoms with Gasteiger partial charge in [0.1, 0.15) is 5.75 Å². The summed E-state index contributed by atoms with van der Waals surface area (Å²) in [4.78, 5) is 4.28. The van der Waals surface area contributed by atoms with Gasteiger partial charge in [0.25, 0.3) is 0 Å². The van der Waals surface area contributed by atoms with Gasteiger partial charge in [0, 0.05) is 30.4 Å². The van der Waals surface area contributed by atoms with Crippen molar-refractivity contribution in [3.05, 3.63) is 24.0 Å². The molecule has 4 heteroatoms. The summed E-state index contributed by atoms with van der Waals surface area (Å²) in [6.45, 7) is 2.92. The maximum absolute atomic E-state index is 5.14. The van der Waals surface area contributed by atoms with Gasteiger partial charge in [0.2, 0.25) is 0 Å². The molecule has 1 rings (SSSR count). The molecule has 0 aliphatic heterocycles. The Labute approximate surface area is 95.2 Å². The summed E-state index contributed by atoms with van der Waals surface area (Å²) in [6, 6.07) is 3.82. The fraction of sp³-hybridized carbons (Fsp3) is 0.545. The maximum Gasteiger partial charge on any atom is 0.122 e. The number of hydrogen-bond donors (Lipinski definition) is 0. The molecule has 0 saturated heterocycles. The van der Waals surface area contributed by atoms with E-state index in [2.05, 4.69) is 11.9 Å². The van der Waals surface area contributed by atoms with Crippen LogP contribution in [0.5, 0.6) is 5.75 Å². The molecule has 0 amide bonds. The predicted molar refractivity (Wildman–Crippen MR) is 63.4 cm³/mol. The summed E-state index contributed by atoms with van der Waals surface area (Å²) in [6.07, 6.45) is 1.77. The van der Waals surface area contributed by atoms with Gasteiger partial charge in [0.15, 0.2) is 0 Å². The van der Waals surface area contributed by atoms with Gasteiger partial charge in [0.05, 0.1) is 19.4 Å². The van der Waals surface area contributed by atoms with E-state index < -0.39 is 0 Å². The quantitative estimate of drug-likeness (QED) is 0.746. The highest BCUT2D eigenvalue weighted by Gasteiger charge is 2.03. The molecule has 3 nitrogen and oxygen atoms in total. The Morgan fingerprint density at radius 2 is 2.27 bits per heavy atom. The maximum atomic E-state index is 5.14. The average Bonchev–Trinajstić information content (AvgIpc) is 2.27. The second kappa shape index (κ2) is 6.69. The summed E-state index contributed by atoms with van der Waals surface area (Å²) >= 11 is 1.83. The molecule has 84 valence electrons. The normalized spacial score (nSPS) is 12.5. The second-order valence-electron chi connectivity index (χ2n) is 3.26. The molecule has 1 aromatic rings. The van der Waals surface area contributed by atoms with Crippen LogP contribution in [0.1, 0.15) is 12.6 Å². The summed E-state index contributed by atoms with van der Waals surface area (Å²) < 4.78 is 10.2. The van der Waals surface area contributed by atoms with Gasteiger partial charge in [-0.2, -0.15) is 11.8 Å². The van der Waals surface area contributed by atoms with E-state index in [-0.39, 0.29) is 0 Å². The molecule has 0 saturated carbocycles. The third kappa shape index (κ3) is 4.53. The molecule has 1 aromatic heterocycles. The molecule has 0 fully saturated rings. The highest BCUT2D eigenvalue weighted by molar-refractivity contribution is 7.99. The highest BCUT2D eigenvalue weighted by Crippen LogP contribution is 2.19. The lowest BCUT2D eigenvalue weighted by atomic mass is 10.3. The van der Waals surface area contributed by atoms with Gasteiger partial charge in [-0.1, -0.05) is 6.92 Å². The van der Waals surface area contributed by atoms with Crippen LogP contribution in [0, 0.1) is 0 Å². The van der Waals surface area contributed by atoms with E-state index in [1.165, 1.54) is 0 Å². The highest BCUT2D eigenvalue weighted by atomic mass is 32.2. The molecule has 0 radical (unpaired) electrons. The van der Waals surface area contributed by atoms with Crippen LogP contribution in [0.4, 0.5) is 0 Å². The lowest BCUT2D eigenvalue weighted by Gasteiger charge is -2.09. The van der Waals surface area contributed by atoms with Crippen molar-refractivity contribution >= 4 is 11.8 Å². The Morgan fingerprint density at radius 3 is 2.93 bits per heavy atom. The van der Waals surface area contributed by atoms with E-state index in [0.29, 0.717) is 5.25 Å². The summed E-state index contributed by atoms with van der Waals surface area (Å²) in [5.41, 5.74) is 1.04. The molecule has 0 N–H and O–H groups in total. The number of methoxy groups -OCH3 is 2. The van der Waals surface area contributed by atoms with Gasteiger partial charge < -0.3 is 9.47 Å². The first kappa shape index (κ1) is 12.3. The molecule has 0 aliphatic rings. The third-order valence-electron chi connectivity index (χ3n) is 1.94. The van der Waals surface area contributed by atoms with E-state index >= 15 is 0 Å². The summed E-state index contributed by atoms with van der Waals surface area (Å²) in [7, 11) is 3.39. The smallest absolute Gasteiger partial charge is 0.122 e. The monoisotopic (exact) mass is 227 g/mol. The summed E-state index contributed by atoms with van der Waals surface area (Å²) in [5.74, 6) is 1.75. The fourth-order valence-corrected chi connectivity index (χ4v) is 2.02. The number of nitrogens with zero attached hydrogens (tertiary/aromatic N) is 1. The predicted octanol–water partition coefficient (Wildman–Crippen LogP) is 2.36. The number of pyridine rings is 1. The summed E-state index contributed by atoms with van der Waals surface area (Å²) in [5, 5.41) is 0.489. The first-order valence-corrected chi connectivity index (χ1v) is 5.90. The SMILES string of the molecule is COC[C@@H](C)SCc1cc(OC)ccn1. The molecule has 0 unspecified atom stereocenters. The van der Waals surface area contributed by atoms with Crippen molar-refractivity contribution in [3.63, 3.8) is 0 Å². The van der Waals surface area contributed by atoms with E-state index in [4.69, 9.17) is 9.47 Å². The first-order chi connectivity index (χ1) is 7.26. The zero-order valence-corrected chi connectivity index (χ0v) is 10.2. The molecular weight excluding hydrogens is 210 g/mol. The van der Waals surface area contributed by atoms with E-state index in [0.717, 1.165) is 23.8 Å². The van der Waals surface area contributed by atoms with Crippen LogP contribution in [0.2, 0.25) is 0 Å². The minimum absolute atomic E-state index is 0.489. The lowest BCUT2D eigenvalue weighted by Crippen LogP contribution is -2.05. The van der Waals surface area contributed by atoms with Crippen molar-refractivity contribution in [2.45, 2.75) is 17.9 Å². The van der Waals surface area contributed by atoms with Crippen LogP contribution in [-0.4, -0.2) is 31.1 Å². The van der Waals surface area contributed by atoms with E-state index in [9.17, 15) is 0 Å². The average molecular weight is 227 g/mol. The minimum Gasteiger partial charge on any atom is -0.497 e. The largest absolute Gasteiger partial charge is 0.497 e. The van der Waals surface area contributed by atoms with Gasteiger partial charge in [-0.05, 0) is 6.07 Å². The topological polar surface area (TPSA) is 31.4 Å².